The zero-order chi connectivity index (χ0) is 14.7. The van der Waals surface area contributed by atoms with Gasteiger partial charge in [-0.05, 0) is 24.6 Å². The summed E-state index contributed by atoms with van der Waals surface area (Å²) in [6.07, 6.45) is -1.37. The molecule has 1 heterocycles. The van der Waals surface area contributed by atoms with Gasteiger partial charge in [0.1, 0.15) is 6.10 Å². The van der Waals surface area contributed by atoms with Crippen LogP contribution in [-0.2, 0) is 9.53 Å². The van der Waals surface area contributed by atoms with Crippen molar-refractivity contribution in [2.45, 2.75) is 25.2 Å². The van der Waals surface area contributed by atoms with Gasteiger partial charge in [-0.3, -0.25) is 9.69 Å². The van der Waals surface area contributed by atoms with Crippen LogP contribution in [0.2, 0.25) is 5.02 Å². The lowest BCUT2D eigenvalue weighted by atomic mass is 10.1. The van der Waals surface area contributed by atoms with Crippen LogP contribution < -0.4 is 5.73 Å². The Kier molecular flexibility index (Phi) is 4.99. The second kappa shape index (κ2) is 6.54. The van der Waals surface area contributed by atoms with E-state index < -0.39 is 18.1 Å². The maximum atomic E-state index is 11.2. The number of rotatable bonds is 4. The summed E-state index contributed by atoms with van der Waals surface area (Å²) in [5, 5.41) is 10.8. The molecule has 0 saturated carbocycles. The third kappa shape index (κ3) is 3.93. The molecule has 1 aliphatic rings. The molecule has 3 atom stereocenters. The molecule has 20 heavy (non-hydrogen) atoms. The van der Waals surface area contributed by atoms with Crippen LogP contribution in [0.4, 0.5) is 0 Å². The van der Waals surface area contributed by atoms with E-state index in [-0.39, 0.29) is 6.10 Å². The minimum atomic E-state index is -0.660. The molecule has 0 spiro atoms. The summed E-state index contributed by atoms with van der Waals surface area (Å²) in [5.41, 5.74) is 6.04. The smallest absolute Gasteiger partial charge is 0.247 e. The van der Waals surface area contributed by atoms with Crippen LogP contribution in [0, 0.1) is 0 Å². The number of primary amides is 1. The number of β-amino-alcohol motifs (C(OH)–C–C–N with tert-alkyl or cyclic N) is 1. The molecule has 0 radical (unpaired) electrons. The van der Waals surface area contributed by atoms with Crippen molar-refractivity contribution in [1.82, 2.24) is 4.90 Å². The SMILES string of the molecule is C[C@@H]1CN(C[C@H](O)c2cccc(Cl)c2)C[C@H](C(N)=O)O1. The summed E-state index contributed by atoms with van der Waals surface area (Å²) in [4.78, 5) is 13.2. The lowest BCUT2D eigenvalue weighted by molar-refractivity contribution is -0.143. The van der Waals surface area contributed by atoms with Gasteiger partial charge in [0, 0.05) is 24.7 Å². The number of hydrogen-bond donors (Lipinski definition) is 2. The summed E-state index contributed by atoms with van der Waals surface area (Å²) >= 11 is 5.91. The lowest BCUT2D eigenvalue weighted by Crippen LogP contribution is -2.52. The molecule has 1 saturated heterocycles. The van der Waals surface area contributed by atoms with E-state index in [1.54, 1.807) is 18.2 Å². The summed E-state index contributed by atoms with van der Waals surface area (Å²) in [6, 6.07) is 7.13. The fourth-order valence-electron chi connectivity index (χ4n) is 2.41. The van der Waals surface area contributed by atoms with Crippen LogP contribution in [0.3, 0.4) is 0 Å². The van der Waals surface area contributed by atoms with E-state index in [0.29, 0.717) is 24.7 Å². The van der Waals surface area contributed by atoms with E-state index in [0.717, 1.165) is 5.56 Å². The zero-order valence-electron chi connectivity index (χ0n) is 11.3. The quantitative estimate of drug-likeness (QED) is 0.868. The van der Waals surface area contributed by atoms with Gasteiger partial charge in [0.2, 0.25) is 5.91 Å². The average molecular weight is 299 g/mol. The van der Waals surface area contributed by atoms with Crippen LogP contribution in [0.25, 0.3) is 0 Å². The molecule has 0 aromatic heterocycles. The number of carbonyl (C=O) groups is 1. The minimum absolute atomic E-state index is 0.0900. The lowest BCUT2D eigenvalue weighted by Gasteiger charge is -2.36. The van der Waals surface area contributed by atoms with Crippen LogP contribution in [0.1, 0.15) is 18.6 Å². The first kappa shape index (κ1) is 15.3. The number of nitrogens with two attached hydrogens (primary N) is 1. The fourth-order valence-corrected chi connectivity index (χ4v) is 2.61. The Labute approximate surface area is 123 Å². The molecular weight excluding hydrogens is 280 g/mol. The van der Waals surface area contributed by atoms with Crippen LogP contribution in [0.5, 0.6) is 0 Å². The van der Waals surface area contributed by atoms with E-state index in [4.69, 9.17) is 22.1 Å². The van der Waals surface area contributed by atoms with E-state index >= 15 is 0 Å². The van der Waals surface area contributed by atoms with E-state index in [9.17, 15) is 9.90 Å². The first-order valence-corrected chi connectivity index (χ1v) is 6.94. The standard InChI is InChI=1S/C14H19ClN2O3/c1-9-6-17(8-13(20-9)14(16)19)7-12(18)10-3-2-4-11(15)5-10/h2-5,9,12-13,18H,6-8H2,1H3,(H2,16,19)/t9-,12+,13-/m1/s1. The van der Waals surface area contributed by atoms with Crippen molar-refractivity contribution in [3.05, 3.63) is 34.9 Å². The Morgan fingerprint density at radius 1 is 1.60 bits per heavy atom. The fraction of sp³-hybridized carbons (Fsp3) is 0.500. The van der Waals surface area contributed by atoms with Gasteiger partial charge in [-0.2, -0.15) is 0 Å². The number of nitrogens with zero attached hydrogens (tertiary/aromatic N) is 1. The molecular formula is C14H19ClN2O3. The summed E-state index contributed by atoms with van der Waals surface area (Å²) in [6.45, 7) is 3.35. The molecule has 0 bridgehead atoms. The molecule has 6 heteroatoms. The number of halogens is 1. The van der Waals surface area contributed by atoms with Crippen LogP contribution in [0.15, 0.2) is 24.3 Å². The third-order valence-electron chi connectivity index (χ3n) is 3.32. The Morgan fingerprint density at radius 2 is 2.35 bits per heavy atom. The Balaban J connectivity index is 1.99. The highest BCUT2D eigenvalue weighted by molar-refractivity contribution is 6.30. The maximum Gasteiger partial charge on any atom is 0.247 e. The van der Waals surface area contributed by atoms with E-state index in [2.05, 4.69) is 0 Å². The molecule has 1 amide bonds. The average Bonchev–Trinajstić information content (AvgIpc) is 2.37. The minimum Gasteiger partial charge on any atom is -0.387 e. The number of benzene rings is 1. The van der Waals surface area contributed by atoms with Gasteiger partial charge in [0.15, 0.2) is 0 Å². The monoisotopic (exact) mass is 298 g/mol. The first-order valence-electron chi connectivity index (χ1n) is 6.56. The molecule has 3 N–H and O–H groups in total. The van der Waals surface area contributed by atoms with Crippen molar-refractivity contribution < 1.29 is 14.6 Å². The number of ether oxygens (including phenoxy) is 1. The zero-order valence-corrected chi connectivity index (χ0v) is 12.1. The van der Waals surface area contributed by atoms with E-state index in [1.165, 1.54) is 0 Å². The molecule has 2 rings (SSSR count). The molecule has 1 aromatic carbocycles. The van der Waals surface area contributed by atoms with Crippen molar-refractivity contribution in [1.29, 1.82) is 0 Å². The topological polar surface area (TPSA) is 75.8 Å². The number of carbonyl (C=O) groups excluding carboxylic acids is 1. The number of amides is 1. The third-order valence-corrected chi connectivity index (χ3v) is 3.55. The Bertz CT molecular complexity index is 483. The molecule has 0 unspecified atom stereocenters. The van der Waals surface area contributed by atoms with Gasteiger partial charge in [-0.25, -0.2) is 0 Å². The van der Waals surface area contributed by atoms with Gasteiger partial charge in [-0.15, -0.1) is 0 Å². The van der Waals surface area contributed by atoms with Gasteiger partial charge < -0.3 is 15.6 Å². The predicted molar refractivity (Wildman–Crippen MR) is 76.4 cm³/mol. The van der Waals surface area contributed by atoms with Gasteiger partial charge >= 0.3 is 0 Å². The summed E-state index contributed by atoms with van der Waals surface area (Å²) in [7, 11) is 0. The van der Waals surface area contributed by atoms with Gasteiger partial charge in [0.25, 0.3) is 0 Å². The molecule has 5 nitrogen and oxygen atoms in total. The van der Waals surface area contributed by atoms with Gasteiger partial charge in [0.05, 0.1) is 12.2 Å². The highest BCUT2D eigenvalue weighted by atomic mass is 35.5. The van der Waals surface area contributed by atoms with Crippen molar-refractivity contribution in [2.75, 3.05) is 19.6 Å². The second-order valence-corrected chi connectivity index (χ2v) is 5.56. The highest BCUT2D eigenvalue weighted by Crippen LogP contribution is 2.20. The number of hydrogen-bond acceptors (Lipinski definition) is 4. The Morgan fingerprint density at radius 3 is 3.00 bits per heavy atom. The summed E-state index contributed by atoms with van der Waals surface area (Å²) in [5.74, 6) is -0.473. The normalized spacial score (nSPS) is 25.4. The van der Waals surface area contributed by atoms with Crippen molar-refractivity contribution in [3.63, 3.8) is 0 Å². The number of morpholine rings is 1. The van der Waals surface area contributed by atoms with Crippen molar-refractivity contribution in [3.8, 4) is 0 Å². The van der Waals surface area contributed by atoms with Crippen molar-refractivity contribution >= 4 is 17.5 Å². The molecule has 1 aliphatic heterocycles. The van der Waals surface area contributed by atoms with E-state index in [1.807, 2.05) is 17.9 Å². The van der Waals surface area contributed by atoms with Gasteiger partial charge in [-0.1, -0.05) is 23.7 Å². The summed E-state index contributed by atoms with van der Waals surface area (Å²) < 4.78 is 5.47. The molecule has 0 aliphatic carbocycles. The second-order valence-electron chi connectivity index (χ2n) is 5.13. The molecule has 110 valence electrons. The Hall–Kier alpha value is -1.14. The number of aliphatic hydroxyl groups is 1. The van der Waals surface area contributed by atoms with Crippen LogP contribution in [-0.4, -0.2) is 47.8 Å². The molecule has 1 fully saturated rings. The molecule has 1 aromatic rings. The van der Waals surface area contributed by atoms with Crippen molar-refractivity contribution in [2.24, 2.45) is 5.73 Å². The predicted octanol–water partition coefficient (Wildman–Crippen LogP) is 0.948. The van der Waals surface area contributed by atoms with Crippen LogP contribution >= 0.6 is 11.6 Å². The number of aliphatic hydroxyl groups excluding tert-OH is 1. The first-order chi connectivity index (χ1) is 9.45. The highest BCUT2D eigenvalue weighted by Gasteiger charge is 2.30. The largest absolute Gasteiger partial charge is 0.387 e. The maximum absolute atomic E-state index is 11.2.